The summed E-state index contributed by atoms with van der Waals surface area (Å²) in [6.45, 7) is 3.09. The molecule has 2 aromatic rings. The van der Waals surface area contributed by atoms with Crippen LogP contribution < -0.4 is 5.73 Å². The Morgan fingerprint density at radius 3 is 2.85 bits per heavy atom. The van der Waals surface area contributed by atoms with Gasteiger partial charge in [-0.15, -0.1) is 0 Å². The van der Waals surface area contributed by atoms with E-state index in [-0.39, 0.29) is 6.04 Å². The number of nitrogens with zero attached hydrogens (tertiary/aromatic N) is 2. The summed E-state index contributed by atoms with van der Waals surface area (Å²) in [4.78, 5) is 4.90. The first kappa shape index (κ1) is 12.7. The maximum absolute atomic E-state index is 6.49. The summed E-state index contributed by atoms with van der Waals surface area (Å²) in [7, 11) is 0. The summed E-state index contributed by atoms with van der Waals surface area (Å²) in [6.07, 6.45) is 3.91. The molecule has 106 valence electrons. The summed E-state index contributed by atoms with van der Waals surface area (Å²) in [5.41, 5.74) is 8.68. The van der Waals surface area contributed by atoms with Gasteiger partial charge in [-0.05, 0) is 56.2 Å². The number of aryl methyl sites for hydroxylation is 1. The predicted molar refractivity (Wildman–Crippen MR) is 82.0 cm³/mol. The minimum absolute atomic E-state index is 0.284. The van der Waals surface area contributed by atoms with Gasteiger partial charge in [-0.3, -0.25) is 0 Å². The van der Waals surface area contributed by atoms with Gasteiger partial charge in [0.15, 0.2) is 0 Å². The highest BCUT2D eigenvalue weighted by Gasteiger charge is 2.48. The van der Waals surface area contributed by atoms with Crippen LogP contribution in [0.2, 0.25) is 5.02 Å². The zero-order chi connectivity index (χ0) is 13.9. The summed E-state index contributed by atoms with van der Waals surface area (Å²) in [6, 6.07) is 6.25. The maximum atomic E-state index is 6.49. The first-order valence-electron chi connectivity index (χ1n) is 7.60. The molecule has 4 atom stereocenters. The van der Waals surface area contributed by atoms with Crippen LogP contribution in [0.1, 0.15) is 37.9 Å². The monoisotopic (exact) mass is 289 g/mol. The Morgan fingerprint density at radius 2 is 2.15 bits per heavy atom. The molecule has 0 amide bonds. The fourth-order valence-electron chi connectivity index (χ4n) is 4.42. The van der Waals surface area contributed by atoms with E-state index in [0.717, 1.165) is 28.5 Å². The molecule has 2 aliphatic carbocycles. The van der Waals surface area contributed by atoms with Gasteiger partial charge in [0.25, 0.3) is 0 Å². The highest BCUT2D eigenvalue weighted by Crippen LogP contribution is 2.52. The molecule has 0 radical (unpaired) electrons. The fraction of sp³-hybridized carbons (Fsp3) is 0.562. The van der Waals surface area contributed by atoms with Crippen molar-refractivity contribution in [1.82, 2.24) is 9.55 Å². The molecule has 2 aliphatic rings. The molecule has 0 spiro atoms. The third-order valence-electron chi connectivity index (χ3n) is 5.33. The lowest BCUT2D eigenvalue weighted by molar-refractivity contribution is 0.347. The van der Waals surface area contributed by atoms with Crippen LogP contribution in [0.15, 0.2) is 18.2 Å². The van der Waals surface area contributed by atoms with Crippen molar-refractivity contribution in [2.45, 2.75) is 44.7 Å². The van der Waals surface area contributed by atoms with Gasteiger partial charge in [0.05, 0.1) is 11.0 Å². The average Bonchev–Trinajstić information content (AvgIpc) is 3.10. The topological polar surface area (TPSA) is 43.8 Å². The SMILES string of the molecule is CCn1c(C2C3CCC(C3)C2N)nc2ccc(Cl)cc21. The molecule has 4 unspecified atom stereocenters. The quantitative estimate of drug-likeness (QED) is 0.919. The Labute approximate surface area is 124 Å². The molecule has 1 heterocycles. The van der Waals surface area contributed by atoms with Crippen LogP contribution in [0.4, 0.5) is 0 Å². The minimum Gasteiger partial charge on any atom is -0.328 e. The fourth-order valence-corrected chi connectivity index (χ4v) is 4.59. The van der Waals surface area contributed by atoms with Gasteiger partial charge < -0.3 is 10.3 Å². The highest BCUT2D eigenvalue weighted by atomic mass is 35.5. The lowest BCUT2D eigenvalue weighted by atomic mass is 9.84. The number of hydrogen-bond acceptors (Lipinski definition) is 2. The second kappa shape index (κ2) is 4.47. The third-order valence-corrected chi connectivity index (χ3v) is 5.57. The smallest absolute Gasteiger partial charge is 0.114 e. The molecule has 2 saturated carbocycles. The van der Waals surface area contributed by atoms with E-state index in [0.29, 0.717) is 11.8 Å². The molecular formula is C16H20ClN3. The van der Waals surface area contributed by atoms with Gasteiger partial charge in [0.2, 0.25) is 0 Å². The molecule has 4 heteroatoms. The number of fused-ring (bicyclic) bond motifs is 3. The third kappa shape index (κ3) is 1.66. The summed E-state index contributed by atoms with van der Waals surface area (Å²) in [5, 5.41) is 0.774. The van der Waals surface area contributed by atoms with Crippen molar-refractivity contribution < 1.29 is 0 Å². The zero-order valence-electron chi connectivity index (χ0n) is 11.7. The van der Waals surface area contributed by atoms with E-state index in [1.54, 1.807) is 0 Å². The molecular weight excluding hydrogens is 270 g/mol. The number of imidazole rings is 1. The molecule has 0 saturated heterocycles. The predicted octanol–water partition coefficient (Wildman–Crippen LogP) is 3.55. The summed E-state index contributed by atoms with van der Waals surface area (Å²) >= 11 is 6.14. The molecule has 4 rings (SSSR count). The van der Waals surface area contributed by atoms with Crippen molar-refractivity contribution in [3.8, 4) is 0 Å². The normalized spacial score (nSPS) is 32.4. The molecule has 1 aromatic heterocycles. The van der Waals surface area contributed by atoms with Crippen molar-refractivity contribution in [2.24, 2.45) is 17.6 Å². The zero-order valence-corrected chi connectivity index (χ0v) is 12.5. The number of hydrogen-bond donors (Lipinski definition) is 1. The van der Waals surface area contributed by atoms with Crippen molar-refractivity contribution in [3.05, 3.63) is 29.0 Å². The number of nitrogens with two attached hydrogens (primary N) is 1. The van der Waals surface area contributed by atoms with E-state index in [1.807, 2.05) is 18.2 Å². The molecule has 2 N–H and O–H groups in total. The average molecular weight is 290 g/mol. The summed E-state index contributed by atoms with van der Waals surface area (Å²) < 4.78 is 2.31. The number of rotatable bonds is 2. The number of aromatic nitrogens is 2. The lowest BCUT2D eigenvalue weighted by Crippen LogP contribution is -2.35. The first-order valence-corrected chi connectivity index (χ1v) is 7.98. The van der Waals surface area contributed by atoms with Crippen LogP contribution in [-0.4, -0.2) is 15.6 Å². The van der Waals surface area contributed by atoms with Gasteiger partial charge >= 0.3 is 0 Å². The molecule has 1 aromatic carbocycles. The van der Waals surface area contributed by atoms with E-state index in [4.69, 9.17) is 22.3 Å². The largest absolute Gasteiger partial charge is 0.328 e. The Hall–Kier alpha value is -1.06. The summed E-state index contributed by atoms with van der Waals surface area (Å²) in [5.74, 6) is 3.05. The van der Waals surface area contributed by atoms with E-state index in [2.05, 4.69) is 11.5 Å². The van der Waals surface area contributed by atoms with Crippen molar-refractivity contribution in [2.75, 3.05) is 0 Å². The molecule has 0 aliphatic heterocycles. The van der Waals surface area contributed by atoms with E-state index in [9.17, 15) is 0 Å². The highest BCUT2D eigenvalue weighted by molar-refractivity contribution is 6.31. The van der Waals surface area contributed by atoms with Gasteiger partial charge in [0.1, 0.15) is 5.82 Å². The Bertz CT molecular complexity index is 661. The van der Waals surface area contributed by atoms with Crippen LogP contribution in [0, 0.1) is 11.8 Å². The maximum Gasteiger partial charge on any atom is 0.114 e. The standard InChI is InChI=1S/C16H20ClN3/c1-2-20-13-8-11(17)5-6-12(13)19-16(20)14-9-3-4-10(7-9)15(14)18/h5-6,8-10,14-15H,2-4,7,18H2,1H3. The van der Waals surface area contributed by atoms with Crippen molar-refractivity contribution in [3.63, 3.8) is 0 Å². The van der Waals surface area contributed by atoms with Crippen LogP contribution in [0.25, 0.3) is 11.0 Å². The molecule has 2 fully saturated rings. The number of halogens is 1. The Kier molecular flexibility index (Phi) is 2.83. The second-order valence-corrected chi connectivity index (χ2v) is 6.72. The van der Waals surface area contributed by atoms with Gasteiger partial charge in [-0.25, -0.2) is 4.98 Å². The van der Waals surface area contributed by atoms with Crippen LogP contribution in [-0.2, 0) is 6.54 Å². The minimum atomic E-state index is 0.284. The molecule has 3 nitrogen and oxygen atoms in total. The van der Waals surface area contributed by atoms with Crippen LogP contribution in [0.3, 0.4) is 0 Å². The van der Waals surface area contributed by atoms with E-state index in [1.165, 1.54) is 25.1 Å². The van der Waals surface area contributed by atoms with Gasteiger partial charge in [-0.2, -0.15) is 0 Å². The van der Waals surface area contributed by atoms with Crippen molar-refractivity contribution >= 4 is 22.6 Å². The van der Waals surface area contributed by atoms with Gasteiger partial charge in [0, 0.05) is 23.5 Å². The molecule has 2 bridgehead atoms. The molecule has 20 heavy (non-hydrogen) atoms. The van der Waals surface area contributed by atoms with Crippen LogP contribution >= 0.6 is 11.6 Å². The van der Waals surface area contributed by atoms with E-state index < -0.39 is 0 Å². The Morgan fingerprint density at radius 1 is 1.35 bits per heavy atom. The number of benzene rings is 1. The Balaban J connectivity index is 1.87. The second-order valence-electron chi connectivity index (χ2n) is 6.28. The lowest BCUT2D eigenvalue weighted by Gasteiger charge is -2.28. The van der Waals surface area contributed by atoms with Crippen LogP contribution in [0.5, 0.6) is 0 Å². The first-order chi connectivity index (χ1) is 9.69. The van der Waals surface area contributed by atoms with Gasteiger partial charge in [-0.1, -0.05) is 11.6 Å². The van der Waals surface area contributed by atoms with Crippen molar-refractivity contribution in [1.29, 1.82) is 0 Å². The van der Waals surface area contributed by atoms with E-state index >= 15 is 0 Å².